The molecule has 1 N–H and O–H groups in total. The second kappa shape index (κ2) is 9.77. The predicted molar refractivity (Wildman–Crippen MR) is 124 cm³/mol. The summed E-state index contributed by atoms with van der Waals surface area (Å²) in [5, 5.41) is 12.6. The van der Waals surface area contributed by atoms with Gasteiger partial charge in [-0.15, -0.1) is 0 Å². The Kier molecular flexibility index (Phi) is 7.44. The molecule has 0 radical (unpaired) electrons. The number of hydrogen-bond donors (Lipinski definition) is 1. The second-order valence-electron chi connectivity index (χ2n) is 8.48. The van der Waals surface area contributed by atoms with E-state index in [0.29, 0.717) is 16.5 Å². The first kappa shape index (κ1) is 25.1. The summed E-state index contributed by atoms with van der Waals surface area (Å²) in [6.07, 6.45) is -0.198. The lowest BCUT2D eigenvalue weighted by Crippen LogP contribution is -2.41. The minimum absolute atomic E-state index is 0.0240. The number of hydrogen-bond acceptors (Lipinski definition) is 6. The average Bonchev–Trinajstić information content (AvgIpc) is 3.15. The number of halogens is 2. The highest BCUT2D eigenvalue weighted by Gasteiger charge is 2.36. The van der Waals surface area contributed by atoms with Gasteiger partial charge in [0.05, 0.1) is 11.6 Å². The Morgan fingerprint density at radius 2 is 1.85 bits per heavy atom. The van der Waals surface area contributed by atoms with Gasteiger partial charge in [0.15, 0.2) is 0 Å². The molecule has 3 rings (SSSR count). The van der Waals surface area contributed by atoms with E-state index in [1.165, 1.54) is 40.7 Å². The van der Waals surface area contributed by atoms with E-state index in [2.05, 4.69) is 5.32 Å². The number of amides is 1. The Morgan fingerprint density at radius 3 is 2.45 bits per heavy atom. The summed E-state index contributed by atoms with van der Waals surface area (Å²) >= 11 is 12.0. The summed E-state index contributed by atoms with van der Waals surface area (Å²) < 4.78 is 39.2. The Bertz CT molecular complexity index is 1190. The molecule has 0 aliphatic carbocycles. The lowest BCUT2D eigenvalue weighted by Gasteiger charge is -2.22. The molecule has 11 heteroatoms. The number of nitrogens with one attached hydrogen (secondary N) is 1. The minimum atomic E-state index is -4.05. The van der Waals surface area contributed by atoms with Crippen LogP contribution in [0.2, 0.25) is 10.0 Å². The minimum Gasteiger partial charge on any atom is -0.456 e. The molecular formula is C22H23Cl2N3O5S. The number of nitrogens with zero attached hydrogens (tertiary/aromatic N) is 2. The van der Waals surface area contributed by atoms with Gasteiger partial charge in [-0.05, 0) is 63.6 Å². The third-order valence-corrected chi connectivity index (χ3v) is 6.95. The summed E-state index contributed by atoms with van der Waals surface area (Å²) in [6.45, 7) is 5.47. The van der Waals surface area contributed by atoms with Gasteiger partial charge < -0.3 is 14.8 Å². The number of alkyl carbamates (subject to hydrolysis) is 1. The molecule has 0 unspecified atom stereocenters. The van der Waals surface area contributed by atoms with Crippen LogP contribution in [0, 0.1) is 11.3 Å². The molecule has 0 aromatic heterocycles. The van der Waals surface area contributed by atoms with Gasteiger partial charge in [-0.25, -0.2) is 13.2 Å². The molecule has 33 heavy (non-hydrogen) atoms. The van der Waals surface area contributed by atoms with Crippen molar-refractivity contribution in [1.29, 1.82) is 5.26 Å². The molecule has 1 amide bonds. The van der Waals surface area contributed by atoms with E-state index in [1.807, 2.05) is 6.07 Å². The summed E-state index contributed by atoms with van der Waals surface area (Å²) in [5.41, 5.74) is -0.505. The predicted octanol–water partition coefficient (Wildman–Crippen LogP) is 4.95. The highest BCUT2D eigenvalue weighted by atomic mass is 35.5. The molecule has 1 atom stereocenters. The number of carbonyl (C=O) groups is 1. The average molecular weight is 512 g/mol. The van der Waals surface area contributed by atoms with Crippen molar-refractivity contribution in [3.8, 4) is 17.6 Å². The summed E-state index contributed by atoms with van der Waals surface area (Å²) in [4.78, 5) is 11.9. The van der Waals surface area contributed by atoms with Crippen LogP contribution >= 0.6 is 23.2 Å². The molecule has 1 fully saturated rings. The highest BCUT2D eigenvalue weighted by molar-refractivity contribution is 7.89. The van der Waals surface area contributed by atoms with Crippen LogP contribution in [0.5, 0.6) is 11.5 Å². The highest BCUT2D eigenvalue weighted by Crippen LogP contribution is 2.35. The van der Waals surface area contributed by atoms with Crippen molar-refractivity contribution in [1.82, 2.24) is 9.62 Å². The fourth-order valence-electron chi connectivity index (χ4n) is 3.26. The lowest BCUT2D eigenvalue weighted by atomic mass is 10.2. The number of benzene rings is 2. The SMILES string of the molecule is CC(C)(C)OC(=O)N[C@H]1CCN(S(=O)(=O)c2cc(C#N)ccc2Oc2cc(Cl)cc(Cl)c2)C1. The normalized spacial score (nSPS) is 16.8. The fraction of sp³-hybridized carbons (Fsp3) is 0.364. The number of ether oxygens (including phenoxy) is 2. The van der Waals surface area contributed by atoms with Crippen LogP contribution in [-0.4, -0.2) is 43.5 Å². The zero-order chi connectivity index (χ0) is 24.4. The molecule has 2 aromatic rings. The molecule has 1 aliphatic heterocycles. The summed E-state index contributed by atoms with van der Waals surface area (Å²) in [7, 11) is -4.05. The monoisotopic (exact) mass is 511 g/mol. The maximum absolute atomic E-state index is 13.4. The Balaban J connectivity index is 1.85. The van der Waals surface area contributed by atoms with Gasteiger partial charge in [0, 0.05) is 29.2 Å². The van der Waals surface area contributed by atoms with E-state index in [-0.39, 0.29) is 35.0 Å². The maximum Gasteiger partial charge on any atom is 0.407 e. The molecule has 1 aliphatic rings. The second-order valence-corrected chi connectivity index (χ2v) is 11.3. The largest absolute Gasteiger partial charge is 0.456 e. The summed E-state index contributed by atoms with van der Waals surface area (Å²) in [6, 6.07) is 10.2. The van der Waals surface area contributed by atoms with Gasteiger partial charge in [0.2, 0.25) is 10.0 Å². The van der Waals surface area contributed by atoms with Crippen molar-refractivity contribution in [3.63, 3.8) is 0 Å². The zero-order valence-corrected chi connectivity index (χ0v) is 20.6. The lowest BCUT2D eigenvalue weighted by molar-refractivity contribution is 0.0507. The first-order valence-electron chi connectivity index (χ1n) is 10.0. The van der Waals surface area contributed by atoms with Crippen LogP contribution in [0.3, 0.4) is 0 Å². The third kappa shape index (κ3) is 6.51. The van der Waals surface area contributed by atoms with Crippen molar-refractivity contribution in [2.75, 3.05) is 13.1 Å². The first-order valence-corrected chi connectivity index (χ1v) is 12.2. The smallest absolute Gasteiger partial charge is 0.407 e. The van der Waals surface area contributed by atoms with Gasteiger partial charge in [-0.3, -0.25) is 0 Å². The van der Waals surface area contributed by atoms with E-state index in [4.69, 9.17) is 32.7 Å². The fourth-order valence-corrected chi connectivity index (χ4v) is 5.40. The molecule has 1 saturated heterocycles. The van der Waals surface area contributed by atoms with Crippen LogP contribution in [0.25, 0.3) is 0 Å². The topological polar surface area (TPSA) is 109 Å². The van der Waals surface area contributed by atoms with Crippen LogP contribution in [0.1, 0.15) is 32.8 Å². The van der Waals surface area contributed by atoms with Gasteiger partial charge in [0.25, 0.3) is 0 Å². The molecule has 8 nitrogen and oxygen atoms in total. The number of sulfonamides is 1. The molecule has 0 bridgehead atoms. The Morgan fingerprint density at radius 1 is 1.18 bits per heavy atom. The van der Waals surface area contributed by atoms with E-state index >= 15 is 0 Å². The molecule has 2 aromatic carbocycles. The van der Waals surface area contributed by atoms with Crippen molar-refractivity contribution < 1.29 is 22.7 Å². The van der Waals surface area contributed by atoms with Crippen LogP contribution in [0.15, 0.2) is 41.3 Å². The van der Waals surface area contributed by atoms with E-state index < -0.39 is 27.8 Å². The van der Waals surface area contributed by atoms with Gasteiger partial charge >= 0.3 is 6.09 Å². The van der Waals surface area contributed by atoms with Crippen molar-refractivity contribution in [2.24, 2.45) is 0 Å². The standard InChI is InChI=1S/C22H23Cl2N3O5S/c1-22(2,3)32-21(28)26-17-6-7-27(13-17)33(29,30)20-8-14(12-25)4-5-19(20)31-18-10-15(23)9-16(24)11-18/h4-5,8-11,17H,6-7,13H2,1-3H3,(H,26,28)/t17-/m0/s1. The van der Waals surface area contributed by atoms with Gasteiger partial charge in [0.1, 0.15) is 22.0 Å². The van der Waals surface area contributed by atoms with E-state index in [0.717, 1.165) is 0 Å². The van der Waals surface area contributed by atoms with Crippen molar-refractivity contribution in [3.05, 3.63) is 52.0 Å². The van der Waals surface area contributed by atoms with E-state index in [1.54, 1.807) is 20.8 Å². The zero-order valence-electron chi connectivity index (χ0n) is 18.3. The molecule has 0 saturated carbocycles. The Hall–Kier alpha value is -2.51. The summed E-state index contributed by atoms with van der Waals surface area (Å²) in [5.74, 6) is 0.274. The molecule has 176 valence electrons. The first-order chi connectivity index (χ1) is 15.4. The van der Waals surface area contributed by atoms with Crippen LogP contribution < -0.4 is 10.1 Å². The third-order valence-electron chi connectivity index (χ3n) is 4.63. The molecular weight excluding hydrogens is 489 g/mol. The maximum atomic E-state index is 13.4. The number of nitriles is 1. The van der Waals surface area contributed by atoms with Gasteiger partial charge in [-0.1, -0.05) is 23.2 Å². The number of rotatable bonds is 5. The molecule has 0 spiro atoms. The van der Waals surface area contributed by atoms with Crippen molar-refractivity contribution in [2.45, 2.75) is 43.7 Å². The van der Waals surface area contributed by atoms with Crippen LogP contribution in [-0.2, 0) is 14.8 Å². The quantitative estimate of drug-likeness (QED) is 0.608. The van der Waals surface area contributed by atoms with E-state index in [9.17, 15) is 18.5 Å². The Labute approximate surface area is 203 Å². The molecule has 1 heterocycles. The number of carbonyl (C=O) groups excluding carboxylic acids is 1. The van der Waals surface area contributed by atoms with Crippen LogP contribution in [0.4, 0.5) is 4.79 Å². The van der Waals surface area contributed by atoms with Crippen molar-refractivity contribution >= 4 is 39.3 Å². The van der Waals surface area contributed by atoms with Gasteiger partial charge in [-0.2, -0.15) is 9.57 Å².